The second-order valence-electron chi connectivity index (χ2n) is 6.58. The maximum atomic E-state index is 13.4. The Morgan fingerprint density at radius 3 is 2.00 bits per heavy atom. The Hall–Kier alpha value is 0.210. The molecule has 0 aromatic heterocycles. The monoisotopic (exact) mass is 766 g/mol. The van der Waals surface area contributed by atoms with Crippen molar-refractivity contribution in [1.82, 2.24) is 9.80 Å². The highest BCUT2D eigenvalue weighted by atomic mass is 127. The molecule has 0 radical (unpaired) electrons. The number of nitrogens with zero attached hydrogens (tertiary/aromatic N) is 2. The van der Waals surface area contributed by atoms with E-state index in [1.165, 1.54) is 4.90 Å². The standard InChI is InChI=1S/C17H25I3N2O8/c1-17(16(30)21(2-5-23)3-6-24)13(19)11(10(18)12(28)14(17)20)22(4-7-25)15(29)9(27)8-26/h9,14,23-28H,2-8H2,1H3. The van der Waals surface area contributed by atoms with E-state index in [2.05, 4.69) is 0 Å². The van der Waals surface area contributed by atoms with Crippen molar-refractivity contribution < 1.29 is 40.2 Å². The van der Waals surface area contributed by atoms with Gasteiger partial charge in [-0.25, -0.2) is 0 Å². The van der Waals surface area contributed by atoms with Gasteiger partial charge in [0.2, 0.25) is 5.91 Å². The predicted molar refractivity (Wildman–Crippen MR) is 133 cm³/mol. The van der Waals surface area contributed by atoms with E-state index < -0.39 is 40.5 Å². The first kappa shape index (κ1) is 28.2. The maximum absolute atomic E-state index is 13.4. The number of amides is 2. The van der Waals surface area contributed by atoms with Gasteiger partial charge >= 0.3 is 0 Å². The third-order valence-electron chi connectivity index (χ3n) is 4.63. The number of allylic oxidation sites excluding steroid dienone is 2. The first-order chi connectivity index (χ1) is 14.0. The first-order valence-corrected chi connectivity index (χ1v) is 12.3. The molecule has 0 bridgehead atoms. The van der Waals surface area contributed by atoms with Crippen LogP contribution in [0.25, 0.3) is 0 Å². The largest absolute Gasteiger partial charge is 0.510 e. The van der Waals surface area contributed by atoms with Gasteiger partial charge in [-0.3, -0.25) is 9.59 Å². The molecule has 13 heteroatoms. The zero-order chi connectivity index (χ0) is 23.2. The van der Waals surface area contributed by atoms with Crippen LogP contribution in [0, 0.1) is 5.41 Å². The molecule has 3 atom stereocenters. The molecule has 0 saturated heterocycles. The molecule has 3 unspecified atom stereocenters. The molecule has 0 heterocycles. The molecule has 6 N–H and O–H groups in total. The van der Waals surface area contributed by atoms with Crippen molar-refractivity contribution in [3.63, 3.8) is 0 Å². The molecule has 1 rings (SSSR count). The fraction of sp³-hybridized carbons (Fsp3) is 0.647. The number of hydrogen-bond donors (Lipinski definition) is 6. The molecular weight excluding hydrogens is 741 g/mol. The van der Waals surface area contributed by atoms with Crippen LogP contribution in [0.3, 0.4) is 0 Å². The summed E-state index contributed by atoms with van der Waals surface area (Å²) in [7, 11) is 0. The number of alkyl halides is 1. The predicted octanol–water partition coefficient (Wildman–Crippen LogP) is -0.352. The van der Waals surface area contributed by atoms with Crippen molar-refractivity contribution in [2.75, 3.05) is 46.1 Å². The van der Waals surface area contributed by atoms with Crippen LogP contribution in [-0.4, -0.2) is 108 Å². The van der Waals surface area contributed by atoms with Crippen LogP contribution in [0.15, 0.2) is 18.6 Å². The van der Waals surface area contributed by atoms with Gasteiger partial charge in [0, 0.05) is 23.2 Å². The lowest BCUT2D eigenvalue weighted by Crippen LogP contribution is -2.52. The molecular formula is C17H25I3N2O8. The average molecular weight is 766 g/mol. The molecule has 1 aliphatic rings. The van der Waals surface area contributed by atoms with Crippen molar-refractivity contribution in [3.05, 3.63) is 18.6 Å². The lowest BCUT2D eigenvalue weighted by atomic mass is 9.79. The van der Waals surface area contributed by atoms with E-state index in [1.807, 2.05) is 67.8 Å². The Morgan fingerprint density at radius 1 is 1.07 bits per heavy atom. The fourth-order valence-corrected chi connectivity index (χ4v) is 7.55. The van der Waals surface area contributed by atoms with E-state index in [0.29, 0.717) is 3.58 Å². The molecule has 0 fully saturated rings. The second kappa shape index (κ2) is 12.4. The van der Waals surface area contributed by atoms with Crippen molar-refractivity contribution in [2.45, 2.75) is 17.0 Å². The lowest BCUT2D eigenvalue weighted by Gasteiger charge is -2.43. The minimum atomic E-state index is -1.74. The van der Waals surface area contributed by atoms with E-state index in [9.17, 15) is 40.2 Å². The van der Waals surface area contributed by atoms with Gasteiger partial charge < -0.3 is 40.4 Å². The normalized spacial score (nSPS) is 22.9. The number of hydrogen-bond acceptors (Lipinski definition) is 8. The molecule has 172 valence electrons. The summed E-state index contributed by atoms with van der Waals surface area (Å²) in [5.41, 5.74) is -1.21. The quantitative estimate of drug-likeness (QED) is 0.130. The lowest BCUT2D eigenvalue weighted by molar-refractivity contribution is -0.142. The number of carbonyl (C=O) groups excluding carboxylic acids is 2. The highest BCUT2D eigenvalue weighted by Crippen LogP contribution is 2.52. The van der Waals surface area contributed by atoms with Gasteiger partial charge in [-0.15, -0.1) is 0 Å². The maximum Gasteiger partial charge on any atom is 0.258 e. The summed E-state index contributed by atoms with van der Waals surface area (Å²) >= 11 is 5.65. The second-order valence-corrected chi connectivity index (χ2v) is 9.98. The Bertz CT molecular complexity index is 711. The van der Waals surface area contributed by atoms with Crippen LogP contribution in [0.5, 0.6) is 0 Å². The van der Waals surface area contributed by atoms with Crippen LogP contribution >= 0.6 is 67.8 Å². The highest BCUT2D eigenvalue weighted by molar-refractivity contribution is 14.1. The van der Waals surface area contributed by atoms with Gasteiger partial charge in [0.05, 0.1) is 45.0 Å². The first-order valence-electron chi connectivity index (χ1n) is 8.89. The zero-order valence-electron chi connectivity index (χ0n) is 16.1. The third-order valence-corrected chi connectivity index (χ3v) is 9.16. The minimum absolute atomic E-state index is 0.0261. The summed E-state index contributed by atoms with van der Waals surface area (Å²) in [6, 6.07) is 0. The smallest absolute Gasteiger partial charge is 0.258 e. The van der Waals surface area contributed by atoms with Crippen LogP contribution in [0.2, 0.25) is 0 Å². The van der Waals surface area contributed by atoms with E-state index in [4.69, 9.17) is 0 Å². The number of rotatable bonds is 10. The number of halogens is 3. The fourth-order valence-electron chi connectivity index (χ4n) is 2.97. The van der Waals surface area contributed by atoms with Crippen molar-refractivity contribution in [2.24, 2.45) is 5.41 Å². The zero-order valence-corrected chi connectivity index (χ0v) is 22.6. The van der Waals surface area contributed by atoms with Crippen LogP contribution < -0.4 is 0 Å². The molecule has 0 saturated carbocycles. The van der Waals surface area contributed by atoms with Gasteiger partial charge in [0.15, 0.2) is 6.10 Å². The summed E-state index contributed by atoms with van der Waals surface area (Å²) in [6.07, 6.45) is -1.74. The molecule has 30 heavy (non-hydrogen) atoms. The third kappa shape index (κ3) is 5.57. The summed E-state index contributed by atoms with van der Waals surface area (Å²) in [6.45, 7) is -0.631. The van der Waals surface area contributed by atoms with E-state index in [1.54, 1.807) is 6.92 Å². The number of carbonyl (C=O) groups is 2. The Balaban J connectivity index is 3.68. The van der Waals surface area contributed by atoms with E-state index >= 15 is 0 Å². The molecule has 0 spiro atoms. The number of aliphatic hydroxyl groups excluding tert-OH is 6. The Kier molecular flexibility index (Phi) is 11.7. The summed E-state index contributed by atoms with van der Waals surface area (Å²) < 4.78 is -0.0807. The van der Waals surface area contributed by atoms with Crippen molar-refractivity contribution in [1.29, 1.82) is 0 Å². The molecule has 0 aromatic rings. The highest BCUT2D eigenvalue weighted by Gasteiger charge is 2.52. The van der Waals surface area contributed by atoms with Gasteiger partial charge in [-0.2, -0.15) is 0 Å². The molecule has 2 amide bonds. The molecule has 0 aliphatic heterocycles. The van der Waals surface area contributed by atoms with Gasteiger partial charge in [-0.1, -0.05) is 22.6 Å². The van der Waals surface area contributed by atoms with Crippen LogP contribution in [0.1, 0.15) is 6.92 Å². The Morgan fingerprint density at radius 2 is 1.57 bits per heavy atom. The van der Waals surface area contributed by atoms with E-state index in [0.717, 1.165) is 4.90 Å². The summed E-state index contributed by atoms with van der Waals surface area (Å²) in [5.74, 6) is -1.52. The minimum Gasteiger partial charge on any atom is -0.510 e. The van der Waals surface area contributed by atoms with E-state index in [-0.39, 0.29) is 47.9 Å². The summed E-state index contributed by atoms with van der Waals surface area (Å²) in [4.78, 5) is 28.4. The van der Waals surface area contributed by atoms with Crippen molar-refractivity contribution in [3.8, 4) is 0 Å². The van der Waals surface area contributed by atoms with Crippen LogP contribution in [-0.2, 0) is 9.59 Å². The van der Waals surface area contributed by atoms with Gasteiger partial charge in [0.1, 0.15) is 5.76 Å². The Labute approximate surface area is 215 Å². The molecule has 0 aromatic carbocycles. The summed E-state index contributed by atoms with van der Waals surface area (Å²) in [5, 5.41) is 57.9. The molecule has 1 aliphatic carbocycles. The van der Waals surface area contributed by atoms with Crippen molar-refractivity contribution >= 4 is 79.6 Å². The van der Waals surface area contributed by atoms with Gasteiger partial charge in [0.25, 0.3) is 5.91 Å². The van der Waals surface area contributed by atoms with Gasteiger partial charge in [-0.05, 0) is 52.1 Å². The molecule has 10 nitrogen and oxygen atoms in total. The average Bonchev–Trinajstić information content (AvgIpc) is 2.74. The van der Waals surface area contributed by atoms with Crippen LogP contribution in [0.4, 0.5) is 0 Å². The topological polar surface area (TPSA) is 162 Å². The number of aliphatic hydroxyl groups is 6. The SMILES string of the molecule is CC1(C(=O)N(CCO)CCO)C(I)=C(N(CCO)C(=O)C(O)CO)C(I)=C(O)C1I.